The van der Waals surface area contributed by atoms with E-state index in [1.807, 2.05) is 24.3 Å². The standard InChI is InChI=1S/C18H18N4O2/c23-18-14(4-3-13-2-1-5-21-16(13)18)17(15-12-19-6-7-20-15)22-8-10-24-11-9-22/h1-7,12,17,23H,8-11H2. The molecule has 1 aliphatic rings. The quantitative estimate of drug-likeness (QED) is 0.797. The van der Waals surface area contributed by atoms with E-state index in [2.05, 4.69) is 19.9 Å². The highest BCUT2D eigenvalue weighted by Crippen LogP contribution is 2.37. The number of aromatic nitrogens is 3. The van der Waals surface area contributed by atoms with Crippen LogP contribution in [0.25, 0.3) is 10.9 Å². The van der Waals surface area contributed by atoms with Crippen molar-refractivity contribution in [2.24, 2.45) is 0 Å². The summed E-state index contributed by atoms with van der Waals surface area (Å²) >= 11 is 0. The van der Waals surface area contributed by atoms with Gasteiger partial charge in [0, 0.05) is 42.6 Å². The molecule has 0 radical (unpaired) electrons. The van der Waals surface area contributed by atoms with E-state index in [-0.39, 0.29) is 11.8 Å². The van der Waals surface area contributed by atoms with Crippen LogP contribution < -0.4 is 0 Å². The molecule has 3 heterocycles. The van der Waals surface area contributed by atoms with Crippen molar-refractivity contribution < 1.29 is 9.84 Å². The first kappa shape index (κ1) is 15.0. The molecule has 3 aromatic rings. The lowest BCUT2D eigenvalue weighted by Crippen LogP contribution is -2.39. The minimum Gasteiger partial charge on any atom is -0.505 e. The molecule has 0 bridgehead atoms. The summed E-state index contributed by atoms with van der Waals surface area (Å²) in [5, 5.41) is 11.8. The molecular weight excluding hydrogens is 304 g/mol. The second-order valence-corrected chi connectivity index (χ2v) is 5.76. The Kier molecular flexibility index (Phi) is 4.06. The van der Waals surface area contributed by atoms with Gasteiger partial charge in [-0.15, -0.1) is 0 Å². The van der Waals surface area contributed by atoms with Gasteiger partial charge in [-0.1, -0.05) is 18.2 Å². The second-order valence-electron chi connectivity index (χ2n) is 5.76. The van der Waals surface area contributed by atoms with Gasteiger partial charge in [-0.2, -0.15) is 0 Å². The Labute approximate surface area is 139 Å². The summed E-state index contributed by atoms with van der Waals surface area (Å²) in [5.74, 6) is 0.204. The molecule has 122 valence electrons. The van der Waals surface area contributed by atoms with E-state index < -0.39 is 0 Å². The minimum absolute atomic E-state index is 0.172. The van der Waals surface area contributed by atoms with Crippen LogP contribution in [0.5, 0.6) is 5.75 Å². The maximum absolute atomic E-state index is 10.8. The van der Waals surface area contributed by atoms with Crippen molar-refractivity contribution in [2.75, 3.05) is 26.3 Å². The van der Waals surface area contributed by atoms with Crippen LogP contribution in [0, 0.1) is 0 Å². The summed E-state index contributed by atoms with van der Waals surface area (Å²) in [6.45, 7) is 2.90. The lowest BCUT2D eigenvalue weighted by molar-refractivity contribution is 0.0228. The first-order valence-corrected chi connectivity index (χ1v) is 7.99. The van der Waals surface area contributed by atoms with E-state index in [9.17, 15) is 5.11 Å². The van der Waals surface area contributed by atoms with Gasteiger partial charge in [0.1, 0.15) is 11.3 Å². The number of phenols is 1. The predicted octanol–water partition coefficient (Wildman–Crippen LogP) is 2.15. The van der Waals surface area contributed by atoms with Crippen LogP contribution in [0.4, 0.5) is 0 Å². The van der Waals surface area contributed by atoms with E-state index in [1.54, 1.807) is 24.8 Å². The molecule has 1 N–H and O–H groups in total. The molecule has 1 aliphatic heterocycles. The van der Waals surface area contributed by atoms with Crippen molar-refractivity contribution in [2.45, 2.75) is 6.04 Å². The fraction of sp³-hybridized carbons (Fsp3) is 0.278. The van der Waals surface area contributed by atoms with Crippen LogP contribution in [0.3, 0.4) is 0 Å². The number of nitrogens with zero attached hydrogens (tertiary/aromatic N) is 4. The Morgan fingerprint density at radius 2 is 1.92 bits per heavy atom. The number of ether oxygens (including phenoxy) is 1. The largest absolute Gasteiger partial charge is 0.505 e. The first-order valence-electron chi connectivity index (χ1n) is 7.99. The molecule has 2 aromatic heterocycles. The first-order chi connectivity index (χ1) is 11.8. The van der Waals surface area contributed by atoms with Gasteiger partial charge in [-0.25, -0.2) is 0 Å². The highest BCUT2D eigenvalue weighted by molar-refractivity contribution is 5.85. The average Bonchev–Trinajstić information content (AvgIpc) is 2.66. The summed E-state index contributed by atoms with van der Waals surface area (Å²) in [6.07, 6.45) is 6.78. The predicted molar refractivity (Wildman–Crippen MR) is 89.7 cm³/mol. The van der Waals surface area contributed by atoms with Crippen LogP contribution in [0.1, 0.15) is 17.3 Å². The number of phenolic OH excluding ortho intramolecular Hbond substituents is 1. The van der Waals surface area contributed by atoms with Gasteiger partial charge in [-0.05, 0) is 6.07 Å². The van der Waals surface area contributed by atoms with Gasteiger partial charge >= 0.3 is 0 Å². The van der Waals surface area contributed by atoms with Gasteiger partial charge in [0.2, 0.25) is 0 Å². The molecule has 0 saturated carbocycles. The van der Waals surface area contributed by atoms with Crippen LogP contribution in [0.2, 0.25) is 0 Å². The molecule has 1 aromatic carbocycles. The van der Waals surface area contributed by atoms with Crippen molar-refractivity contribution in [3.05, 3.63) is 60.3 Å². The Bertz CT molecular complexity index is 835. The third-order valence-electron chi connectivity index (χ3n) is 4.35. The Balaban J connectivity index is 1.85. The third kappa shape index (κ3) is 2.70. The Morgan fingerprint density at radius 3 is 2.71 bits per heavy atom. The van der Waals surface area contributed by atoms with Gasteiger partial charge in [-0.3, -0.25) is 19.9 Å². The Hall–Kier alpha value is -2.57. The molecule has 6 nitrogen and oxygen atoms in total. The molecule has 1 fully saturated rings. The number of pyridine rings is 1. The van der Waals surface area contributed by atoms with Crippen molar-refractivity contribution in [1.82, 2.24) is 19.9 Å². The number of rotatable bonds is 3. The van der Waals surface area contributed by atoms with E-state index in [4.69, 9.17) is 4.74 Å². The van der Waals surface area contributed by atoms with Crippen molar-refractivity contribution in [3.8, 4) is 5.75 Å². The maximum atomic E-state index is 10.8. The second kappa shape index (κ2) is 6.51. The molecule has 1 unspecified atom stereocenters. The zero-order valence-electron chi connectivity index (χ0n) is 13.2. The van der Waals surface area contributed by atoms with Crippen LogP contribution in [-0.4, -0.2) is 51.3 Å². The van der Waals surface area contributed by atoms with Crippen LogP contribution in [0.15, 0.2) is 49.1 Å². The van der Waals surface area contributed by atoms with Crippen molar-refractivity contribution in [3.63, 3.8) is 0 Å². The smallest absolute Gasteiger partial charge is 0.146 e. The number of morpholine rings is 1. The van der Waals surface area contributed by atoms with Gasteiger partial charge in [0.25, 0.3) is 0 Å². The van der Waals surface area contributed by atoms with Crippen molar-refractivity contribution >= 4 is 10.9 Å². The summed E-state index contributed by atoms with van der Waals surface area (Å²) in [6, 6.07) is 7.57. The van der Waals surface area contributed by atoms with Gasteiger partial charge in [0.15, 0.2) is 0 Å². The molecule has 0 spiro atoms. The highest BCUT2D eigenvalue weighted by Gasteiger charge is 2.28. The van der Waals surface area contributed by atoms with Gasteiger partial charge in [0.05, 0.1) is 31.1 Å². The topological polar surface area (TPSA) is 71.4 Å². The molecule has 0 amide bonds. The van der Waals surface area contributed by atoms with Gasteiger partial charge < -0.3 is 9.84 Å². The average molecular weight is 322 g/mol. The molecule has 1 saturated heterocycles. The molecule has 4 rings (SSSR count). The fourth-order valence-electron chi connectivity index (χ4n) is 3.20. The number of benzene rings is 1. The number of fused-ring (bicyclic) bond motifs is 1. The summed E-state index contributed by atoms with van der Waals surface area (Å²) in [7, 11) is 0. The van der Waals surface area contributed by atoms with E-state index >= 15 is 0 Å². The molecule has 0 aliphatic carbocycles. The van der Waals surface area contributed by atoms with E-state index in [0.717, 1.165) is 29.7 Å². The normalized spacial score (nSPS) is 17.0. The zero-order valence-corrected chi connectivity index (χ0v) is 13.2. The number of hydrogen-bond donors (Lipinski definition) is 1. The zero-order chi connectivity index (χ0) is 16.4. The van der Waals surface area contributed by atoms with Crippen molar-refractivity contribution in [1.29, 1.82) is 0 Å². The highest BCUT2D eigenvalue weighted by atomic mass is 16.5. The van der Waals surface area contributed by atoms with E-state index in [1.165, 1.54) is 0 Å². The lowest BCUT2D eigenvalue weighted by atomic mass is 9.98. The molecule has 1 atom stereocenters. The Morgan fingerprint density at radius 1 is 1.04 bits per heavy atom. The molecular formula is C18H18N4O2. The van der Waals surface area contributed by atoms with E-state index in [0.29, 0.717) is 18.7 Å². The molecule has 24 heavy (non-hydrogen) atoms. The fourth-order valence-corrected chi connectivity index (χ4v) is 3.20. The SMILES string of the molecule is Oc1c(C(c2cnccn2)N2CCOCC2)ccc2cccnc12. The maximum Gasteiger partial charge on any atom is 0.146 e. The monoisotopic (exact) mass is 322 g/mol. The van der Waals surface area contributed by atoms with Crippen LogP contribution >= 0.6 is 0 Å². The molecule has 6 heteroatoms. The summed E-state index contributed by atoms with van der Waals surface area (Å²) in [4.78, 5) is 15.3. The summed E-state index contributed by atoms with van der Waals surface area (Å²) in [5.41, 5.74) is 2.21. The third-order valence-corrected chi connectivity index (χ3v) is 4.35. The minimum atomic E-state index is -0.172. The number of hydrogen-bond acceptors (Lipinski definition) is 6. The lowest BCUT2D eigenvalue weighted by Gasteiger charge is -2.34. The summed E-state index contributed by atoms with van der Waals surface area (Å²) < 4.78 is 5.47. The van der Waals surface area contributed by atoms with Crippen LogP contribution in [-0.2, 0) is 4.74 Å². The number of aromatic hydroxyl groups is 1.